The number of nitrogens with zero attached hydrogens (tertiary/aromatic N) is 2. The van der Waals surface area contributed by atoms with Gasteiger partial charge in [-0.25, -0.2) is 0 Å². The van der Waals surface area contributed by atoms with E-state index in [1.54, 1.807) is 7.11 Å². The fourth-order valence-corrected chi connectivity index (χ4v) is 5.36. The van der Waals surface area contributed by atoms with Crippen LogP contribution in [0.15, 0.2) is 48.5 Å². The number of unbranched alkanes of at least 4 members (excludes halogenated alkanes) is 1. The summed E-state index contributed by atoms with van der Waals surface area (Å²) >= 11 is 2.60. The molecular formula is C27H37IN2O2. The van der Waals surface area contributed by atoms with Crippen molar-refractivity contribution >= 4 is 28.5 Å². The third kappa shape index (κ3) is 7.20. The van der Waals surface area contributed by atoms with Gasteiger partial charge in [0, 0.05) is 25.7 Å². The van der Waals surface area contributed by atoms with Crippen molar-refractivity contribution in [1.29, 1.82) is 0 Å². The summed E-state index contributed by atoms with van der Waals surface area (Å²) in [4.78, 5) is 18.2. The topological polar surface area (TPSA) is 32.8 Å². The van der Waals surface area contributed by atoms with E-state index in [0.29, 0.717) is 23.1 Å². The Balaban J connectivity index is 1.69. The lowest BCUT2D eigenvalue weighted by molar-refractivity contribution is -0.134. The van der Waals surface area contributed by atoms with Crippen LogP contribution < -0.4 is 4.74 Å². The van der Waals surface area contributed by atoms with Crippen LogP contribution in [0.25, 0.3) is 0 Å². The summed E-state index contributed by atoms with van der Waals surface area (Å²) in [5.41, 5.74) is 3.49. The molecule has 4 nitrogen and oxygen atoms in total. The van der Waals surface area contributed by atoms with E-state index in [-0.39, 0.29) is 5.91 Å². The first kappa shape index (κ1) is 25.0. The molecule has 2 aromatic carbocycles. The molecule has 0 saturated carbocycles. The monoisotopic (exact) mass is 548 g/mol. The van der Waals surface area contributed by atoms with Crippen molar-refractivity contribution in [1.82, 2.24) is 9.80 Å². The highest BCUT2D eigenvalue weighted by molar-refractivity contribution is 14.1. The molecule has 1 fully saturated rings. The highest BCUT2D eigenvalue weighted by Crippen LogP contribution is 2.25. The Hall–Kier alpha value is -1.60. The largest absolute Gasteiger partial charge is 0.497 e. The lowest BCUT2D eigenvalue weighted by atomic mass is 10.00. The van der Waals surface area contributed by atoms with Gasteiger partial charge in [0.2, 0.25) is 5.91 Å². The first-order valence-corrected chi connectivity index (χ1v) is 13.1. The summed E-state index contributed by atoms with van der Waals surface area (Å²) in [5, 5.41) is 0. The third-order valence-electron chi connectivity index (χ3n) is 6.44. The zero-order chi connectivity index (χ0) is 22.9. The number of hydrogen-bond donors (Lipinski definition) is 0. The summed E-state index contributed by atoms with van der Waals surface area (Å²) in [6.45, 7) is 7.19. The summed E-state index contributed by atoms with van der Waals surface area (Å²) < 4.78 is 5.86. The number of carbonyl (C=O) groups is 1. The molecule has 0 radical (unpaired) electrons. The second-order valence-corrected chi connectivity index (χ2v) is 10.3. The van der Waals surface area contributed by atoms with Crippen molar-refractivity contribution in [2.45, 2.75) is 69.0 Å². The van der Waals surface area contributed by atoms with Crippen molar-refractivity contribution < 1.29 is 9.53 Å². The lowest BCUT2D eigenvalue weighted by Gasteiger charge is -2.40. The molecule has 32 heavy (non-hydrogen) atoms. The Kier molecular flexibility index (Phi) is 9.85. The number of likely N-dealkylation sites (tertiary alicyclic amines) is 1. The average molecular weight is 549 g/mol. The molecule has 0 bridgehead atoms. The van der Waals surface area contributed by atoms with E-state index in [0.717, 1.165) is 37.2 Å². The van der Waals surface area contributed by atoms with Crippen LogP contribution in [0.3, 0.4) is 0 Å². The van der Waals surface area contributed by atoms with Gasteiger partial charge in [0.1, 0.15) is 5.75 Å². The Bertz CT molecular complexity index is 830. The molecule has 1 amide bonds. The zero-order valence-corrected chi connectivity index (χ0v) is 21.9. The smallest absolute Gasteiger partial charge is 0.227 e. The molecule has 2 aromatic rings. The number of ether oxygens (including phenoxy) is 1. The minimum atomic E-state index is 0.214. The van der Waals surface area contributed by atoms with E-state index < -0.39 is 0 Å². The highest BCUT2D eigenvalue weighted by atomic mass is 127. The molecular weight excluding hydrogens is 511 g/mol. The number of methoxy groups -OCH3 is 1. The van der Waals surface area contributed by atoms with Crippen LogP contribution in [0.5, 0.6) is 5.75 Å². The molecule has 3 rings (SSSR count). The number of benzene rings is 2. The third-order valence-corrected chi connectivity index (χ3v) is 7.85. The molecule has 0 aliphatic carbocycles. The van der Waals surface area contributed by atoms with Gasteiger partial charge in [-0.15, -0.1) is 0 Å². The second-order valence-electron chi connectivity index (χ2n) is 8.88. The second kappa shape index (κ2) is 12.6. The average Bonchev–Trinajstić information content (AvgIpc) is 2.82. The van der Waals surface area contributed by atoms with Crippen LogP contribution in [0, 0.1) is 6.92 Å². The molecule has 1 atom stereocenters. The summed E-state index contributed by atoms with van der Waals surface area (Å²) in [6, 6.07) is 16.7. The van der Waals surface area contributed by atoms with Gasteiger partial charge in [-0.1, -0.05) is 84.3 Å². The van der Waals surface area contributed by atoms with Crippen molar-refractivity contribution in [2.24, 2.45) is 0 Å². The Labute approximate surface area is 207 Å². The molecule has 1 aliphatic rings. The Morgan fingerprint density at radius 2 is 1.72 bits per heavy atom. The predicted octanol–water partition coefficient (Wildman–Crippen LogP) is 5.99. The van der Waals surface area contributed by atoms with Gasteiger partial charge in [0.15, 0.2) is 0 Å². The van der Waals surface area contributed by atoms with Crippen molar-refractivity contribution in [3.63, 3.8) is 0 Å². The molecule has 0 aromatic heterocycles. The number of piperidine rings is 1. The molecule has 1 unspecified atom stereocenters. The van der Waals surface area contributed by atoms with Crippen LogP contribution in [-0.2, 0) is 17.8 Å². The maximum atomic E-state index is 13.5. The molecule has 174 valence electrons. The van der Waals surface area contributed by atoms with Crippen LogP contribution in [0.1, 0.15) is 55.7 Å². The molecule has 0 N–H and O–H groups in total. The van der Waals surface area contributed by atoms with Crippen molar-refractivity contribution in [3.05, 3.63) is 65.2 Å². The van der Waals surface area contributed by atoms with E-state index >= 15 is 0 Å². The predicted molar refractivity (Wildman–Crippen MR) is 140 cm³/mol. The van der Waals surface area contributed by atoms with Crippen LogP contribution in [0.2, 0.25) is 0 Å². The lowest BCUT2D eigenvalue weighted by Crippen LogP contribution is -2.49. The normalized spacial score (nSPS) is 16.0. The summed E-state index contributed by atoms with van der Waals surface area (Å²) in [7, 11) is 1.67. The van der Waals surface area contributed by atoms with Crippen molar-refractivity contribution in [3.8, 4) is 5.75 Å². The molecule has 5 heteroatoms. The Morgan fingerprint density at radius 3 is 2.31 bits per heavy atom. The maximum Gasteiger partial charge on any atom is 0.227 e. The number of amides is 1. The molecule has 1 aliphatic heterocycles. The number of halogens is 1. The van der Waals surface area contributed by atoms with Gasteiger partial charge in [-0.05, 0) is 49.4 Å². The summed E-state index contributed by atoms with van der Waals surface area (Å²) in [6.07, 6.45) is 6.32. The number of alkyl halides is 1. The van der Waals surface area contributed by atoms with Gasteiger partial charge >= 0.3 is 0 Å². The van der Waals surface area contributed by atoms with Crippen LogP contribution in [0.4, 0.5) is 0 Å². The van der Waals surface area contributed by atoms with E-state index in [9.17, 15) is 4.79 Å². The van der Waals surface area contributed by atoms with Gasteiger partial charge in [0.05, 0.1) is 17.6 Å². The van der Waals surface area contributed by atoms with E-state index in [4.69, 9.17) is 4.74 Å². The highest BCUT2D eigenvalue weighted by Gasteiger charge is 2.30. The zero-order valence-electron chi connectivity index (χ0n) is 19.7. The SMILES string of the molecule is CCCCC(I)N1CCC(N(Cc2ccc(C)cc2)C(=O)Cc2ccc(OC)cc2)CC1. The molecule has 1 saturated heterocycles. The number of hydrogen-bond acceptors (Lipinski definition) is 3. The number of carbonyl (C=O) groups excluding carboxylic acids is 1. The van der Waals surface area contributed by atoms with Crippen molar-refractivity contribution in [2.75, 3.05) is 20.2 Å². The van der Waals surface area contributed by atoms with Gasteiger partial charge < -0.3 is 9.64 Å². The fraction of sp³-hybridized carbons (Fsp3) is 0.519. The quantitative estimate of drug-likeness (QED) is 0.208. The first-order valence-electron chi connectivity index (χ1n) is 11.9. The minimum Gasteiger partial charge on any atom is -0.497 e. The van der Waals surface area contributed by atoms with E-state index in [2.05, 4.69) is 70.5 Å². The van der Waals surface area contributed by atoms with Gasteiger partial charge in [-0.3, -0.25) is 9.69 Å². The first-order chi connectivity index (χ1) is 15.5. The maximum absolute atomic E-state index is 13.5. The van der Waals surface area contributed by atoms with Gasteiger partial charge in [0.25, 0.3) is 0 Å². The summed E-state index contributed by atoms with van der Waals surface area (Å²) in [5.74, 6) is 1.03. The van der Waals surface area contributed by atoms with Crippen LogP contribution >= 0.6 is 22.6 Å². The van der Waals surface area contributed by atoms with E-state index in [1.807, 2.05) is 24.3 Å². The Morgan fingerprint density at radius 1 is 1.09 bits per heavy atom. The molecule has 0 spiro atoms. The minimum absolute atomic E-state index is 0.214. The van der Waals surface area contributed by atoms with E-state index in [1.165, 1.54) is 30.4 Å². The molecule has 1 heterocycles. The van der Waals surface area contributed by atoms with Crippen LogP contribution in [-0.4, -0.2) is 46.0 Å². The number of rotatable bonds is 10. The fourth-order valence-electron chi connectivity index (χ4n) is 4.36. The number of aryl methyl sites for hydroxylation is 1. The van der Waals surface area contributed by atoms with Gasteiger partial charge in [-0.2, -0.15) is 0 Å². The standard InChI is InChI=1S/C27H37IN2O2/c1-4-5-6-26(28)29-17-15-24(16-18-29)30(20-23-9-7-21(2)8-10-23)27(31)19-22-11-13-25(32-3)14-12-22/h7-14,24,26H,4-6,15-20H2,1-3H3.